The number of benzene rings is 2. The molecule has 0 fully saturated rings. The third kappa shape index (κ3) is 5.17. The third-order valence-electron chi connectivity index (χ3n) is 5.03. The lowest BCUT2D eigenvalue weighted by Gasteiger charge is -2.41. The molecular weight excluding hydrogens is 390 g/mol. The van der Waals surface area contributed by atoms with Gasteiger partial charge in [-0.25, -0.2) is 0 Å². The predicted octanol–water partition coefficient (Wildman–Crippen LogP) is 4.44. The second-order valence-electron chi connectivity index (χ2n) is 7.09. The van der Waals surface area contributed by atoms with E-state index in [2.05, 4.69) is 47.2 Å². The molecular formula is C22H30BrNO2. The van der Waals surface area contributed by atoms with Gasteiger partial charge in [0.2, 0.25) is 0 Å². The molecule has 0 aliphatic rings. The molecule has 0 unspecified atom stereocenters. The van der Waals surface area contributed by atoms with Crippen LogP contribution >= 0.6 is 15.9 Å². The zero-order chi connectivity index (χ0) is 19.0. The molecule has 2 rings (SSSR count). The fourth-order valence-electron chi connectivity index (χ4n) is 3.47. The first-order valence-corrected chi connectivity index (χ1v) is 10.1. The Bertz CT molecular complexity index is 645. The summed E-state index contributed by atoms with van der Waals surface area (Å²) in [5.41, 5.74) is 1.08. The first-order chi connectivity index (χ1) is 12.5. The fourth-order valence-corrected chi connectivity index (χ4v) is 3.74. The highest BCUT2D eigenvalue weighted by Crippen LogP contribution is 2.42. The Hall–Kier alpha value is -1.20. The largest absolute Gasteiger partial charge is 0.396 e. The second kappa shape index (κ2) is 10.2. The van der Waals surface area contributed by atoms with Crippen LogP contribution in [-0.2, 0) is 5.60 Å². The number of halogens is 1. The molecule has 0 aliphatic heterocycles. The first-order valence-electron chi connectivity index (χ1n) is 9.35. The Kier molecular flexibility index (Phi) is 8.29. The standard InChI is InChI=1S/C22H30BrNO2/c1-17(2)22(26,19-10-12-20(23)13-11-19)21(16-24-14-6-7-15-25)18-8-4-3-5-9-18/h3-5,8-13,17,21,24-26H,6-7,14-16H2,1-2H3/t21-,22+/m0/s1. The van der Waals surface area contributed by atoms with Crippen molar-refractivity contribution in [3.05, 3.63) is 70.2 Å². The van der Waals surface area contributed by atoms with Crippen LogP contribution in [0.3, 0.4) is 0 Å². The number of aliphatic hydroxyl groups is 2. The number of nitrogens with one attached hydrogen (secondary N) is 1. The molecule has 4 heteroatoms. The van der Waals surface area contributed by atoms with E-state index in [0.717, 1.165) is 35.0 Å². The van der Waals surface area contributed by atoms with Crippen LogP contribution in [0.4, 0.5) is 0 Å². The molecule has 142 valence electrons. The molecule has 0 radical (unpaired) electrons. The number of hydrogen-bond acceptors (Lipinski definition) is 3. The molecule has 3 N–H and O–H groups in total. The molecule has 0 saturated heterocycles. The molecule has 0 heterocycles. The topological polar surface area (TPSA) is 52.5 Å². The smallest absolute Gasteiger partial charge is 0.0999 e. The van der Waals surface area contributed by atoms with Gasteiger partial charge in [-0.3, -0.25) is 0 Å². The van der Waals surface area contributed by atoms with Crippen LogP contribution in [0.15, 0.2) is 59.1 Å². The summed E-state index contributed by atoms with van der Waals surface area (Å²) in [7, 11) is 0. The fraction of sp³-hybridized carbons (Fsp3) is 0.455. The summed E-state index contributed by atoms with van der Waals surface area (Å²) in [5, 5.41) is 24.3. The summed E-state index contributed by atoms with van der Waals surface area (Å²) in [6.07, 6.45) is 1.72. The van der Waals surface area contributed by atoms with Gasteiger partial charge in [0.05, 0.1) is 5.60 Å². The lowest BCUT2D eigenvalue weighted by molar-refractivity contribution is -0.0370. The van der Waals surface area contributed by atoms with Crippen LogP contribution in [0, 0.1) is 5.92 Å². The summed E-state index contributed by atoms with van der Waals surface area (Å²) in [5.74, 6) is -0.0212. The summed E-state index contributed by atoms with van der Waals surface area (Å²) >= 11 is 3.48. The molecule has 26 heavy (non-hydrogen) atoms. The second-order valence-corrected chi connectivity index (χ2v) is 8.00. The molecule has 3 nitrogen and oxygen atoms in total. The lowest BCUT2D eigenvalue weighted by Crippen LogP contribution is -2.43. The number of rotatable bonds is 10. The van der Waals surface area contributed by atoms with Crippen molar-refractivity contribution in [2.75, 3.05) is 19.7 Å². The average Bonchev–Trinajstić information content (AvgIpc) is 2.65. The average molecular weight is 420 g/mol. The van der Waals surface area contributed by atoms with E-state index in [1.165, 1.54) is 0 Å². The van der Waals surface area contributed by atoms with E-state index in [9.17, 15) is 5.11 Å². The molecule has 0 aliphatic carbocycles. The van der Waals surface area contributed by atoms with Gasteiger partial charge in [0.25, 0.3) is 0 Å². The van der Waals surface area contributed by atoms with Crippen molar-refractivity contribution >= 4 is 15.9 Å². The van der Waals surface area contributed by atoms with E-state index < -0.39 is 5.60 Å². The maximum atomic E-state index is 11.9. The van der Waals surface area contributed by atoms with Gasteiger partial charge in [-0.15, -0.1) is 0 Å². The Morgan fingerprint density at radius 2 is 1.65 bits per heavy atom. The molecule has 0 amide bonds. The highest BCUT2D eigenvalue weighted by molar-refractivity contribution is 9.10. The van der Waals surface area contributed by atoms with Crippen molar-refractivity contribution < 1.29 is 10.2 Å². The highest BCUT2D eigenvalue weighted by Gasteiger charge is 2.41. The molecule has 0 aromatic heterocycles. The zero-order valence-corrected chi connectivity index (χ0v) is 17.2. The minimum atomic E-state index is -0.980. The van der Waals surface area contributed by atoms with Gasteiger partial charge in [-0.2, -0.15) is 0 Å². The van der Waals surface area contributed by atoms with E-state index in [4.69, 9.17) is 5.11 Å². The van der Waals surface area contributed by atoms with E-state index in [0.29, 0.717) is 6.54 Å². The normalized spacial score (nSPS) is 15.0. The van der Waals surface area contributed by atoms with Crippen molar-refractivity contribution in [3.8, 4) is 0 Å². The van der Waals surface area contributed by atoms with E-state index in [1.54, 1.807) is 0 Å². The molecule has 0 spiro atoms. The van der Waals surface area contributed by atoms with Gasteiger partial charge in [-0.05, 0) is 48.6 Å². The van der Waals surface area contributed by atoms with Crippen LogP contribution in [0.1, 0.15) is 43.7 Å². The number of unbranched alkanes of at least 4 members (excludes halogenated alkanes) is 1. The van der Waals surface area contributed by atoms with Crippen LogP contribution in [0.5, 0.6) is 0 Å². The van der Waals surface area contributed by atoms with Gasteiger partial charge >= 0.3 is 0 Å². The molecule has 2 atom stereocenters. The lowest BCUT2D eigenvalue weighted by atomic mass is 9.70. The molecule has 0 saturated carbocycles. The summed E-state index contributed by atoms with van der Waals surface area (Å²) in [6, 6.07) is 18.2. The molecule has 2 aromatic carbocycles. The van der Waals surface area contributed by atoms with Crippen molar-refractivity contribution in [2.24, 2.45) is 5.92 Å². The van der Waals surface area contributed by atoms with Gasteiger partial charge in [0.1, 0.15) is 0 Å². The molecule has 2 aromatic rings. The van der Waals surface area contributed by atoms with Crippen LogP contribution < -0.4 is 5.32 Å². The Morgan fingerprint density at radius 3 is 2.23 bits per heavy atom. The first kappa shape index (κ1) is 21.1. The van der Waals surface area contributed by atoms with E-state index >= 15 is 0 Å². The van der Waals surface area contributed by atoms with Gasteiger partial charge in [0, 0.05) is 23.5 Å². The summed E-state index contributed by atoms with van der Waals surface area (Å²) < 4.78 is 1.01. The minimum Gasteiger partial charge on any atom is -0.396 e. The Morgan fingerprint density at radius 1 is 1.00 bits per heavy atom. The highest BCUT2D eigenvalue weighted by atomic mass is 79.9. The third-order valence-corrected chi connectivity index (χ3v) is 5.56. The van der Waals surface area contributed by atoms with Crippen LogP contribution in [0.2, 0.25) is 0 Å². The van der Waals surface area contributed by atoms with Crippen molar-refractivity contribution in [3.63, 3.8) is 0 Å². The van der Waals surface area contributed by atoms with Crippen LogP contribution in [-0.4, -0.2) is 29.9 Å². The number of hydrogen-bond donors (Lipinski definition) is 3. The molecule has 0 bridgehead atoms. The van der Waals surface area contributed by atoms with Gasteiger partial charge in [-0.1, -0.05) is 72.2 Å². The monoisotopic (exact) mass is 419 g/mol. The van der Waals surface area contributed by atoms with Gasteiger partial charge < -0.3 is 15.5 Å². The quantitative estimate of drug-likeness (QED) is 0.498. The maximum absolute atomic E-state index is 11.9. The summed E-state index contributed by atoms with van der Waals surface area (Å²) in [6.45, 7) is 5.88. The maximum Gasteiger partial charge on any atom is 0.0999 e. The van der Waals surface area contributed by atoms with Crippen LogP contribution in [0.25, 0.3) is 0 Å². The van der Waals surface area contributed by atoms with Crippen molar-refractivity contribution in [1.82, 2.24) is 5.32 Å². The zero-order valence-electron chi connectivity index (χ0n) is 15.7. The SMILES string of the molecule is CC(C)[C@@](O)(c1ccc(Br)cc1)[C@@H](CNCCCCO)c1ccccc1. The number of aliphatic hydroxyl groups excluding tert-OH is 1. The van der Waals surface area contributed by atoms with Crippen molar-refractivity contribution in [2.45, 2.75) is 38.2 Å². The predicted molar refractivity (Wildman–Crippen MR) is 111 cm³/mol. The van der Waals surface area contributed by atoms with Gasteiger partial charge in [0.15, 0.2) is 0 Å². The Balaban J connectivity index is 2.34. The van der Waals surface area contributed by atoms with E-state index in [-0.39, 0.29) is 18.4 Å². The summed E-state index contributed by atoms with van der Waals surface area (Å²) in [4.78, 5) is 0. The van der Waals surface area contributed by atoms with Crippen molar-refractivity contribution in [1.29, 1.82) is 0 Å². The Labute approximate surface area is 165 Å². The van der Waals surface area contributed by atoms with E-state index in [1.807, 2.05) is 42.5 Å². The minimum absolute atomic E-state index is 0.0492.